The van der Waals surface area contributed by atoms with E-state index in [2.05, 4.69) is 36.6 Å². The summed E-state index contributed by atoms with van der Waals surface area (Å²) in [5.74, 6) is 0.406. The van der Waals surface area contributed by atoms with Gasteiger partial charge in [-0.1, -0.05) is 25.1 Å². The molecule has 0 bridgehead atoms. The number of aliphatic hydroxyl groups is 1. The van der Waals surface area contributed by atoms with Crippen LogP contribution in [-0.4, -0.2) is 11.7 Å². The average molecular weight is 220 g/mol. The van der Waals surface area contributed by atoms with Gasteiger partial charge in [-0.05, 0) is 41.2 Å². The summed E-state index contributed by atoms with van der Waals surface area (Å²) in [5.41, 5.74) is 1.43. The van der Waals surface area contributed by atoms with E-state index in [4.69, 9.17) is 5.11 Å². The van der Waals surface area contributed by atoms with E-state index in [9.17, 15) is 0 Å². The van der Waals surface area contributed by atoms with Gasteiger partial charge < -0.3 is 5.11 Å². The van der Waals surface area contributed by atoms with Gasteiger partial charge in [-0.25, -0.2) is 0 Å². The van der Waals surface area contributed by atoms with Crippen LogP contribution in [-0.2, 0) is 6.42 Å². The Balaban J connectivity index is 2.14. The van der Waals surface area contributed by atoms with Crippen molar-refractivity contribution < 1.29 is 5.11 Å². The van der Waals surface area contributed by atoms with Crippen LogP contribution in [0.25, 0.3) is 10.1 Å². The van der Waals surface area contributed by atoms with Crippen molar-refractivity contribution in [2.75, 3.05) is 6.61 Å². The van der Waals surface area contributed by atoms with Crippen molar-refractivity contribution in [3.63, 3.8) is 0 Å². The van der Waals surface area contributed by atoms with E-state index < -0.39 is 0 Å². The number of aryl methyl sites for hydroxylation is 1. The van der Waals surface area contributed by atoms with Gasteiger partial charge in [0.2, 0.25) is 0 Å². The summed E-state index contributed by atoms with van der Waals surface area (Å²) in [5, 5.41) is 12.6. The maximum Gasteiger partial charge on any atom is 0.0456 e. The maximum atomic E-state index is 8.98. The molecule has 80 valence electrons. The first-order valence-electron chi connectivity index (χ1n) is 5.37. The normalized spacial score (nSPS) is 13.2. The minimum Gasteiger partial charge on any atom is -0.396 e. The number of hydrogen-bond acceptors (Lipinski definition) is 2. The fourth-order valence-corrected chi connectivity index (χ4v) is 2.72. The topological polar surface area (TPSA) is 20.2 Å². The van der Waals surface area contributed by atoms with Crippen molar-refractivity contribution in [1.29, 1.82) is 0 Å². The third-order valence-corrected chi connectivity index (χ3v) is 3.79. The molecule has 2 rings (SSSR count). The molecule has 15 heavy (non-hydrogen) atoms. The largest absolute Gasteiger partial charge is 0.396 e. The molecule has 0 aliphatic rings. The van der Waals surface area contributed by atoms with Gasteiger partial charge in [0.05, 0.1) is 0 Å². The highest BCUT2D eigenvalue weighted by atomic mass is 32.1. The average Bonchev–Trinajstić information content (AvgIpc) is 2.69. The lowest BCUT2D eigenvalue weighted by Crippen LogP contribution is -2.01. The molecule has 1 atom stereocenters. The van der Waals surface area contributed by atoms with Crippen LogP contribution >= 0.6 is 11.3 Å². The number of benzene rings is 1. The molecule has 1 N–H and O–H groups in total. The molecule has 2 heteroatoms. The second-order valence-corrected chi connectivity index (χ2v) is 4.99. The van der Waals surface area contributed by atoms with Crippen molar-refractivity contribution >= 4 is 21.4 Å². The third kappa shape index (κ3) is 2.39. The fourth-order valence-electron chi connectivity index (χ4n) is 1.72. The van der Waals surface area contributed by atoms with Crippen molar-refractivity contribution in [2.24, 2.45) is 5.92 Å². The van der Waals surface area contributed by atoms with E-state index in [0.717, 1.165) is 12.8 Å². The van der Waals surface area contributed by atoms with Crippen molar-refractivity contribution in [3.8, 4) is 0 Å². The Labute approximate surface area is 94.4 Å². The summed E-state index contributed by atoms with van der Waals surface area (Å²) in [4.78, 5) is 0. The Morgan fingerprint density at radius 1 is 1.33 bits per heavy atom. The summed E-state index contributed by atoms with van der Waals surface area (Å²) < 4.78 is 1.36. The number of rotatable bonds is 4. The first-order chi connectivity index (χ1) is 7.31. The molecule has 0 radical (unpaired) electrons. The van der Waals surface area contributed by atoms with Crippen molar-refractivity contribution in [3.05, 3.63) is 35.2 Å². The van der Waals surface area contributed by atoms with Crippen molar-refractivity contribution in [1.82, 2.24) is 0 Å². The predicted molar refractivity (Wildman–Crippen MR) is 66.4 cm³/mol. The lowest BCUT2D eigenvalue weighted by molar-refractivity contribution is 0.230. The Bertz CT molecular complexity index is 433. The lowest BCUT2D eigenvalue weighted by Gasteiger charge is -2.06. The highest BCUT2D eigenvalue weighted by Crippen LogP contribution is 2.27. The summed E-state index contributed by atoms with van der Waals surface area (Å²) in [7, 11) is 0. The van der Waals surface area contributed by atoms with E-state index in [-0.39, 0.29) is 0 Å². The van der Waals surface area contributed by atoms with E-state index in [0.29, 0.717) is 12.5 Å². The van der Waals surface area contributed by atoms with Gasteiger partial charge in [0.15, 0.2) is 0 Å². The molecule has 1 unspecified atom stereocenters. The van der Waals surface area contributed by atoms with Gasteiger partial charge in [-0.2, -0.15) is 0 Å². The van der Waals surface area contributed by atoms with Gasteiger partial charge in [0.1, 0.15) is 0 Å². The number of thiophene rings is 1. The third-order valence-electron chi connectivity index (χ3n) is 2.78. The molecule has 0 saturated carbocycles. The molecule has 1 nitrogen and oxygen atoms in total. The monoisotopic (exact) mass is 220 g/mol. The molecular formula is C13H16OS. The molecule has 0 amide bonds. The van der Waals surface area contributed by atoms with E-state index in [1.54, 1.807) is 0 Å². The van der Waals surface area contributed by atoms with E-state index in [1.807, 2.05) is 11.3 Å². The molecule has 0 aliphatic carbocycles. The minimum absolute atomic E-state index is 0.294. The highest BCUT2D eigenvalue weighted by Gasteiger charge is 2.05. The number of fused-ring (bicyclic) bond motifs is 1. The zero-order valence-electron chi connectivity index (χ0n) is 8.94. The molecule has 2 aromatic rings. The Morgan fingerprint density at radius 2 is 2.13 bits per heavy atom. The van der Waals surface area contributed by atoms with Crippen LogP contribution in [0.15, 0.2) is 29.6 Å². The standard InChI is InChI=1S/C13H16OS/c1-10(8-14)6-7-11-9-15-13-5-3-2-4-12(11)13/h2-5,9-10,14H,6-8H2,1H3. The zero-order chi connectivity index (χ0) is 10.7. The number of aliphatic hydroxyl groups excluding tert-OH is 1. The SMILES string of the molecule is CC(CO)CCc1csc2ccccc12. The van der Waals surface area contributed by atoms with Crippen LogP contribution in [0.3, 0.4) is 0 Å². The van der Waals surface area contributed by atoms with Gasteiger partial charge in [0, 0.05) is 11.3 Å². The van der Waals surface area contributed by atoms with Gasteiger partial charge >= 0.3 is 0 Å². The lowest BCUT2D eigenvalue weighted by atomic mass is 10.0. The highest BCUT2D eigenvalue weighted by molar-refractivity contribution is 7.17. The summed E-state index contributed by atoms with van der Waals surface area (Å²) in [6.07, 6.45) is 2.14. The Kier molecular flexibility index (Phi) is 3.39. The summed E-state index contributed by atoms with van der Waals surface area (Å²) >= 11 is 1.81. The Morgan fingerprint density at radius 3 is 2.93 bits per heavy atom. The first kappa shape index (κ1) is 10.7. The second-order valence-electron chi connectivity index (χ2n) is 4.08. The minimum atomic E-state index is 0.294. The smallest absolute Gasteiger partial charge is 0.0456 e. The molecule has 1 aromatic heterocycles. The molecule has 0 saturated heterocycles. The first-order valence-corrected chi connectivity index (χ1v) is 6.25. The van der Waals surface area contributed by atoms with E-state index in [1.165, 1.54) is 15.6 Å². The van der Waals surface area contributed by atoms with Crippen LogP contribution in [0, 0.1) is 5.92 Å². The van der Waals surface area contributed by atoms with Crippen molar-refractivity contribution in [2.45, 2.75) is 19.8 Å². The van der Waals surface area contributed by atoms with Crippen LogP contribution in [0.2, 0.25) is 0 Å². The second kappa shape index (κ2) is 4.77. The quantitative estimate of drug-likeness (QED) is 0.836. The molecule has 0 aliphatic heterocycles. The zero-order valence-corrected chi connectivity index (χ0v) is 9.76. The van der Waals surface area contributed by atoms with Gasteiger partial charge in [0.25, 0.3) is 0 Å². The van der Waals surface area contributed by atoms with Gasteiger partial charge in [-0.3, -0.25) is 0 Å². The maximum absolute atomic E-state index is 8.98. The van der Waals surface area contributed by atoms with Crippen LogP contribution < -0.4 is 0 Å². The van der Waals surface area contributed by atoms with E-state index >= 15 is 0 Å². The van der Waals surface area contributed by atoms with Crippen LogP contribution in [0.1, 0.15) is 18.9 Å². The molecular weight excluding hydrogens is 204 g/mol. The summed E-state index contributed by atoms with van der Waals surface area (Å²) in [6.45, 7) is 2.39. The fraction of sp³-hybridized carbons (Fsp3) is 0.385. The Hall–Kier alpha value is -0.860. The molecule has 1 heterocycles. The predicted octanol–water partition coefficient (Wildman–Crippen LogP) is 3.46. The molecule has 0 spiro atoms. The van der Waals surface area contributed by atoms with Crippen LogP contribution in [0.4, 0.5) is 0 Å². The molecule has 1 aromatic carbocycles. The summed E-state index contributed by atoms with van der Waals surface area (Å²) in [6, 6.07) is 8.52. The number of hydrogen-bond donors (Lipinski definition) is 1. The molecule has 0 fully saturated rings. The van der Waals surface area contributed by atoms with Gasteiger partial charge in [-0.15, -0.1) is 11.3 Å². The van der Waals surface area contributed by atoms with Crippen LogP contribution in [0.5, 0.6) is 0 Å².